The molecule has 0 aliphatic heterocycles. The maximum atomic E-state index is 11.8. The third-order valence-electron chi connectivity index (χ3n) is 3.39. The van der Waals surface area contributed by atoms with Crippen LogP contribution in [0.5, 0.6) is 23.0 Å². The molecule has 2 aromatic rings. The van der Waals surface area contributed by atoms with Gasteiger partial charge in [-0.25, -0.2) is 4.79 Å². The van der Waals surface area contributed by atoms with Gasteiger partial charge in [-0.2, -0.15) is 0 Å². The van der Waals surface area contributed by atoms with Gasteiger partial charge >= 0.3 is 6.03 Å². The van der Waals surface area contributed by atoms with Gasteiger partial charge < -0.3 is 30.3 Å². The van der Waals surface area contributed by atoms with Crippen molar-refractivity contribution in [3.05, 3.63) is 47.5 Å². The van der Waals surface area contributed by atoms with Crippen LogP contribution in [0.1, 0.15) is 11.1 Å². The summed E-state index contributed by atoms with van der Waals surface area (Å²) in [5.74, 6) is 0.793. The van der Waals surface area contributed by atoms with E-state index in [1.807, 2.05) is 0 Å². The number of hydrogen-bond acceptors (Lipinski definition) is 5. The molecule has 2 rings (SSSR count). The largest absolute Gasteiger partial charge is 0.504 e. The normalized spacial score (nSPS) is 10.1. The number of ether oxygens (including phenoxy) is 2. The summed E-state index contributed by atoms with van der Waals surface area (Å²) < 4.78 is 9.92. The summed E-state index contributed by atoms with van der Waals surface area (Å²) in [6.07, 6.45) is 0. The van der Waals surface area contributed by atoms with E-state index in [2.05, 4.69) is 10.6 Å². The average molecular weight is 332 g/mol. The van der Waals surface area contributed by atoms with Crippen molar-refractivity contribution in [2.45, 2.75) is 13.1 Å². The molecule has 4 N–H and O–H groups in total. The van der Waals surface area contributed by atoms with E-state index in [1.165, 1.54) is 26.4 Å². The zero-order valence-electron chi connectivity index (χ0n) is 13.5. The third-order valence-corrected chi connectivity index (χ3v) is 3.39. The van der Waals surface area contributed by atoms with E-state index in [0.717, 1.165) is 11.1 Å². The van der Waals surface area contributed by atoms with E-state index in [0.29, 0.717) is 11.5 Å². The van der Waals surface area contributed by atoms with Crippen LogP contribution >= 0.6 is 0 Å². The predicted octanol–water partition coefficient (Wildman–Crippen LogP) is 2.11. The first-order valence-corrected chi connectivity index (χ1v) is 7.27. The van der Waals surface area contributed by atoms with Crippen molar-refractivity contribution in [3.63, 3.8) is 0 Å². The fourth-order valence-corrected chi connectivity index (χ4v) is 2.12. The van der Waals surface area contributed by atoms with Crippen LogP contribution in [0.4, 0.5) is 4.79 Å². The Labute approximate surface area is 139 Å². The third kappa shape index (κ3) is 4.45. The lowest BCUT2D eigenvalue weighted by Crippen LogP contribution is -2.34. The van der Waals surface area contributed by atoms with E-state index in [-0.39, 0.29) is 30.6 Å². The maximum absolute atomic E-state index is 11.8. The highest BCUT2D eigenvalue weighted by atomic mass is 16.5. The molecular weight excluding hydrogens is 312 g/mol. The topological polar surface area (TPSA) is 100 Å². The van der Waals surface area contributed by atoms with Crippen molar-refractivity contribution < 1.29 is 24.5 Å². The number of methoxy groups -OCH3 is 2. The minimum absolute atomic E-state index is 0.0194. The smallest absolute Gasteiger partial charge is 0.315 e. The monoisotopic (exact) mass is 332 g/mol. The van der Waals surface area contributed by atoms with Crippen molar-refractivity contribution in [1.29, 1.82) is 0 Å². The number of carbonyl (C=O) groups is 1. The SMILES string of the molecule is COc1ccc(CNC(=O)NCc2ccc(OC)c(O)c2)cc1O. The Balaban J connectivity index is 1.83. The standard InChI is InChI=1S/C17H20N2O5/c1-23-15-5-3-11(7-13(15)20)9-18-17(22)19-10-12-4-6-16(24-2)14(21)8-12/h3-8,20-21H,9-10H2,1-2H3,(H2,18,19,22). The van der Waals surface area contributed by atoms with Crippen LogP contribution in [0.15, 0.2) is 36.4 Å². The molecule has 0 aliphatic carbocycles. The van der Waals surface area contributed by atoms with Crippen molar-refractivity contribution in [1.82, 2.24) is 10.6 Å². The number of rotatable bonds is 6. The Hall–Kier alpha value is -3.09. The molecule has 7 nitrogen and oxygen atoms in total. The first kappa shape index (κ1) is 17.3. The second-order valence-corrected chi connectivity index (χ2v) is 5.05. The van der Waals surface area contributed by atoms with Gasteiger partial charge in [-0.1, -0.05) is 12.1 Å². The van der Waals surface area contributed by atoms with Gasteiger partial charge in [-0.15, -0.1) is 0 Å². The average Bonchev–Trinajstić information content (AvgIpc) is 2.58. The Morgan fingerprint density at radius 3 is 1.62 bits per heavy atom. The minimum Gasteiger partial charge on any atom is -0.504 e. The lowest BCUT2D eigenvalue weighted by Gasteiger charge is -2.10. The first-order chi connectivity index (χ1) is 11.5. The van der Waals surface area contributed by atoms with Crippen LogP contribution in [0.3, 0.4) is 0 Å². The van der Waals surface area contributed by atoms with Crippen LogP contribution in [0.25, 0.3) is 0 Å². The maximum Gasteiger partial charge on any atom is 0.315 e. The van der Waals surface area contributed by atoms with E-state index in [1.54, 1.807) is 24.3 Å². The minimum atomic E-state index is -0.361. The number of urea groups is 1. The zero-order valence-corrected chi connectivity index (χ0v) is 13.5. The number of benzene rings is 2. The molecule has 0 saturated carbocycles. The van der Waals surface area contributed by atoms with Crippen LogP contribution < -0.4 is 20.1 Å². The fraction of sp³-hybridized carbons (Fsp3) is 0.235. The quantitative estimate of drug-likeness (QED) is 0.649. The predicted molar refractivity (Wildman–Crippen MR) is 88.4 cm³/mol. The van der Waals surface area contributed by atoms with Gasteiger partial charge in [0.25, 0.3) is 0 Å². The number of hydrogen-bond donors (Lipinski definition) is 4. The molecule has 2 aromatic carbocycles. The van der Waals surface area contributed by atoms with Gasteiger partial charge in [0, 0.05) is 13.1 Å². The number of nitrogens with one attached hydrogen (secondary N) is 2. The zero-order chi connectivity index (χ0) is 17.5. The van der Waals surface area contributed by atoms with Gasteiger partial charge in [0.2, 0.25) is 0 Å². The number of phenols is 2. The molecule has 0 heterocycles. The Morgan fingerprint density at radius 2 is 1.29 bits per heavy atom. The molecule has 2 amide bonds. The van der Waals surface area contributed by atoms with Crippen molar-refractivity contribution in [2.24, 2.45) is 0 Å². The van der Waals surface area contributed by atoms with Gasteiger partial charge in [-0.05, 0) is 35.4 Å². The van der Waals surface area contributed by atoms with Crippen molar-refractivity contribution in [3.8, 4) is 23.0 Å². The summed E-state index contributed by atoms with van der Waals surface area (Å²) in [7, 11) is 2.94. The molecule has 0 atom stereocenters. The first-order valence-electron chi connectivity index (χ1n) is 7.27. The van der Waals surface area contributed by atoms with Gasteiger partial charge in [0.05, 0.1) is 14.2 Å². The highest BCUT2D eigenvalue weighted by Crippen LogP contribution is 2.26. The van der Waals surface area contributed by atoms with Gasteiger partial charge in [-0.3, -0.25) is 0 Å². The van der Waals surface area contributed by atoms with E-state index in [9.17, 15) is 15.0 Å². The summed E-state index contributed by atoms with van der Waals surface area (Å²) in [5.41, 5.74) is 1.48. The Kier molecular flexibility index (Phi) is 5.73. The summed E-state index contributed by atoms with van der Waals surface area (Å²) in [6, 6.07) is 9.46. The lowest BCUT2D eigenvalue weighted by molar-refractivity contribution is 0.240. The van der Waals surface area contributed by atoms with Crippen molar-refractivity contribution in [2.75, 3.05) is 14.2 Å². The summed E-state index contributed by atoms with van der Waals surface area (Å²) in [6.45, 7) is 0.522. The molecule has 7 heteroatoms. The molecule has 0 radical (unpaired) electrons. The number of phenolic OH excluding ortho intramolecular Hbond substituents is 2. The van der Waals surface area contributed by atoms with Crippen LogP contribution in [0.2, 0.25) is 0 Å². The molecule has 0 saturated heterocycles. The Morgan fingerprint density at radius 1 is 0.875 bits per heavy atom. The molecule has 0 aromatic heterocycles. The number of aromatic hydroxyl groups is 2. The number of carbonyl (C=O) groups excluding carboxylic acids is 1. The summed E-state index contributed by atoms with van der Waals surface area (Å²) in [5, 5.41) is 24.7. The van der Waals surface area contributed by atoms with E-state index in [4.69, 9.17) is 9.47 Å². The fourth-order valence-electron chi connectivity index (χ4n) is 2.12. The number of amides is 2. The van der Waals surface area contributed by atoms with Crippen LogP contribution in [0, 0.1) is 0 Å². The summed E-state index contributed by atoms with van der Waals surface area (Å²) >= 11 is 0. The molecule has 0 spiro atoms. The van der Waals surface area contributed by atoms with Gasteiger partial charge in [0.1, 0.15) is 0 Å². The highest BCUT2D eigenvalue weighted by molar-refractivity contribution is 5.73. The van der Waals surface area contributed by atoms with Crippen LogP contribution in [-0.2, 0) is 13.1 Å². The molecule has 0 aliphatic rings. The molecule has 0 fully saturated rings. The van der Waals surface area contributed by atoms with E-state index < -0.39 is 0 Å². The molecular formula is C17H20N2O5. The molecule has 0 bridgehead atoms. The lowest BCUT2D eigenvalue weighted by atomic mass is 10.2. The molecule has 0 unspecified atom stereocenters. The molecule has 24 heavy (non-hydrogen) atoms. The van der Waals surface area contributed by atoms with Crippen molar-refractivity contribution >= 4 is 6.03 Å². The second-order valence-electron chi connectivity index (χ2n) is 5.05. The summed E-state index contributed by atoms with van der Waals surface area (Å²) in [4.78, 5) is 11.8. The Bertz CT molecular complexity index is 659. The molecule has 128 valence electrons. The second kappa shape index (κ2) is 7.96. The van der Waals surface area contributed by atoms with Crippen LogP contribution in [-0.4, -0.2) is 30.5 Å². The highest BCUT2D eigenvalue weighted by Gasteiger charge is 2.06. The van der Waals surface area contributed by atoms with Gasteiger partial charge in [0.15, 0.2) is 23.0 Å². The van der Waals surface area contributed by atoms with E-state index >= 15 is 0 Å².